The predicted molar refractivity (Wildman–Crippen MR) is 110 cm³/mol. The molecule has 7 nitrogen and oxygen atoms in total. The summed E-state index contributed by atoms with van der Waals surface area (Å²) in [4.78, 5) is 32.4. The molecule has 3 heterocycles. The van der Waals surface area contributed by atoms with Gasteiger partial charge < -0.3 is 10.1 Å². The average Bonchev–Trinajstić information content (AvgIpc) is 2.75. The van der Waals surface area contributed by atoms with Gasteiger partial charge in [0.2, 0.25) is 0 Å². The van der Waals surface area contributed by atoms with Crippen molar-refractivity contribution in [3.8, 4) is 0 Å². The molecule has 1 aliphatic heterocycles. The quantitative estimate of drug-likeness (QED) is 0.717. The fourth-order valence-electron chi connectivity index (χ4n) is 3.54. The molecule has 0 aliphatic carbocycles. The minimum Gasteiger partial charge on any atom is -0.379 e. The Morgan fingerprint density at radius 2 is 1.93 bits per heavy atom. The van der Waals surface area contributed by atoms with Gasteiger partial charge >= 0.3 is 0 Å². The summed E-state index contributed by atoms with van der Waals surface area (Å²) in [5.41, 5.74) is 2.11. The van der Waals surface area contributed by atoms with Crippen LogP contribution in [-0.4, -0.2) is 53.0 Å². The Balaban J connectivity index is 1.61. The van der Waals surface area contributed by atoms with Crippen molar-refractivity contribution in [2.75, 3.05) is 32.8 Å². The standard InChI is InChI=1S/C22H24N4O3/c1-16-7-8-20-23-13-18(22(28)26(20)14-16)21(27)24-19(17-5-3-2-4-6-17)15-25-9-11-29-12-10-25/h2-8,13-14,19H,9-12,15H2,1H3,(H,24,27). The van der Waals surface area contributed by atoms with Gasteiger partial charge in [-0.15, -0.1) is 0 Å². The minimum absolute atomic E-state index is 0.0380. The van der Waals surface area contributed by atoms with Crippen LogP contribution in [-0.2, 0) is 4.74 Å². The van der Waals surface area contributed by atoms with Gasteiger partial charge in [-0.1, -0.05) is 36.4 Å². The van der Waals surface area contributed by atoms with Crippen molar-refractivity contribution in [2.24, 2.45) is 0 Å². The van der Waals surface area contributed by atoms with Gasteiger partial charge in [0.05, 0.1) is 19.3 Å². The number of hydrogen-bond donors (Lipinski definition) is 1. The average molecular weight is 392 g/mol. The molecule has 150 valence electrons. The molecular formula is C22H24N4O3. The lowest BCUT2D eigenvalue weighted by Gasteiger charge is -2.31. The number of carbonyl (C=O) groups excluding carboxylic acids is 1. The lowest BCUT2D eigenvalue weighted by molar-refractivity contribution is 0.0332. The normalized spacial score (nSPS) is 15.9. The lowest BCUT2D eigenvalue weighted by Crippen LogP contribution is -2.44. The molecule has 1 aromatic carbocycles. The molecule has 1 unspecified atom stereocenters. The summed E-state index contributed by atoms with van der Waals surface area (Å²) in [5, 5.41) is 3.04. The van der Waals surface area contributed by atoms with Gasteiger partial charge in [-0.2, -0.15) is 0 Å². The summed E-state index contributed by atoms with van der Waals surface area (Å²) >= 11 is 0. The Labute approximate surface area is 168 Å². The number of nitrogens with zero attached hydrogens (tertiary/aromatic N) is 3. The van der Waals surface area contributed by atoms with Crippen LogP contribution < -0.4 is 10.9 Å². The molecule has 1 fully saturated rings. The largest absolute Gasteiger partial charge is 0.379 e. The van der Waals surface area contributed by atoms with E-state index in [-0.39, 0.29) is 17.2 Å². The van der Waals surface area contributed by atoms with Crippen LogP contribution in [0.3, 0.4) is 0 Å². The number of benzene rings is 1. The van der Waals surface area contributed by atoms with Crippen molar-refractivity contribution in [2.45, 2.75) is 13.0 Å². The topological polar surface area (TPSA) is 75.9 Å². The number of hydrogen-bond acceptors (Lipinski definition) is 5. The predicted octanol–water partition coefficient (Wildman–Crippen LogP) is 1.81. The number of rotatable bonds is 5. The third-order valence-corrected chi connectivity index (χ3v) is 5.15. The van der Waals surface area contributed by atoms with Crippen molar-refractivity contribution in [3.05, 3.63) is 81.9 Å². The van der Waals surface area contributed by atoms with E-state index >= 15 is 0 Å². The van der Waals surface area contributed by atoms with Gasteiger partial charge in [-0.05, 0) is 24.1 Å². The van der Waals surface area contributed by atoms with Gasteiger partial charge in [-0.3, -0.25) is 18.9 Å². The van der Waals surface area contributed by atoms with Crippen LogP contribution in [0.25, 0.3) is 5.65 Å². The smallest absolute Gasteiger partial charge is 0.270 e. The summed E-state index contributed by atoms with van der Waals surface area (Å²) in [6.45, 7) is 5.56. The van der Waals surface area contributed by atoms with Crippen LogP contribution >= 0.6 is 0 Å². The third kappa shape index (κ3) is 4.36. The molecular weight excluding hydrogens is 368 g/mol. The SMILES string of the molecule is Cc1ccc2ncc(C(=O)NC(CN3CCOCC3)c3ccccc3)c(=O)n2c1. The first-order valence-electron chi connectivity index (χ1n) is 9.76. The summed E-state index contributed by atoms with van der Waals surface area (Å²) in [5.74, 6) is -0.416. The van der Waals surface area contributed by atoms with Crippen molar-refractivity contribution in [3.63, 3.8) is 0 Å². The molecule has 0 bridgehead atoms. The van der Waals surface area contributed by atoms with Crippen molar-refractivity contribution in [1.82, 2.24) is 19.6 Å². The first-order valence-corrected chi connectivity index (χ1v) is 9.76. The van der Waals surface area contributed by atoms with Gasteiger partial charge in [0.25, 0.3) is 11.5 Å². The Hall–Kier alpha value is -3.03. The lowest BCUT2D eigenvalue weighted by atomic mass is 10.1. The zero-order chi connectivity index (χ0) is 20.2. The monoisotopic (exact) mass is 392 g/mol. The van der Waals surface area contributed by atoms with Crippen LogP contribution in [0, 0.1) is 6.92 Å². The van der Waals surface area contributed by atoms with Gasteiger partial charge in [0.1, 0.15) is 11.2 Å². The van der Waals surface area contributed by atoms with E-state index in [9.17, 15) is 9.59 Å². The molecule has 3 aromatic rings. The van der Waals surface area contributed by atoms with Crippen LogP contribution in [0.4, 0.5) is 0 Å². The Morgan fingerprint density at radius 3 is 2.69 bits per heavy atom. The van der Waals surface area contributed by atoms with E-state index in [0.29, 0.717) is 25.4 Å². The van der Waals surface area contributed by atoms with Crippen LogP contribution in [0.1, 0.15) is 27.5 Å². The molecule has 7 heteroatoms. The fourth-order valence-corrected chi connectivity index (χ4v) is 3.54. The zero-order valence-electron chi connectivity index (χ0n) is 16.4. The molecule has 2 aromatic heterocycles. The van der Waals surface area contributed by atoms with Crippen LogP contribution in [0.2, 0.25) is 0 Å². The van der Waals surface area contributed by atoms with E-state index in [0.717, 1.165) is 24.2 Å². The van der Waals surface area contributed by atoms with Crippen molar-refractivity contribution in [1.29, 1.82) is 0 Å². The third-order valence-electron chi connectivity index (χ3n) is 5.15. The van der Waals surface area contributed by atoms with E-state index in [1.165, 1.54) is 10.6 Å². The molecule has 1 saturated heterocycles. The number of ether oxygens (including phenoxy) is 1. The number of nitrogens with one attached hydrogen (secondary N) is 1. The number of carbonyl (C=O) groups is 1. The zero-order valence-corrected chi connectivity index (χ0v) is 16.4. The summed E-state index contributed by atoms with van der Waals surface area (Å²) in [6.07, 6.45) is 3.06. The van der Waals surface area contributed by atoms with Gasteiger partial charge in [0, 0.05) is 32.0 Å². The molecule has 0 spiro atoms. The first kappa shape index (κ1) is 19.3. The van der Waals surface area contributed by atoms with Crippen LogP contribution in [0.5, 0.6) is 0 Å². The van der Waals surface area contributed by atoms with Crippen LogP contribution in [0.15, 0.2) is 59.7 Å². The molecule has 0 radical (unpaired) electrons. The van der Waals surface area contributed by atoms with Crippen molar-refractivity contribution < 1.29 is 9.53 Å². The molecule has 1 N–H and O–H groups in total. The highest BCUT2D eigenvalue weighted by atomic mass is 16.5. The molecule has 0 saturated carbocycles. The second kappa shape index (κ2) is 8.55. The second-order valence-corrected chi connectivity index (χ2v) is 7.26. The minimum atomic E-state index is -0.416. The van der Waals surface area contributed by atoms with E-state index in [4.69, 9.17) is 4.74 Å². The molecule has 1 atom stereocenters. The maximum absolute atomic E-state index is 13.0. The number of amides is 1. The molecule has 4 rings (SSSR count). The van der Waals surface area contributed by atoms with E-state index in [2.05, 4.69) is 15.2 Å². The number of aromatic nitrogens is 2. The van der Waals surface area contributed by atoms with E-state index in [1.807, 2.05) is 43.3 Å². The maximum atomic E-state index is 13.0. The van der Waals surface area contributed by atoms with Gasteiger partial charge in [-0.25, -0.2) is 4.98 Å². The highest BCUT2D eigenvalue weighted by molar-refractivity contribution is 5.94. The molecule has 1 aliphatic rings. The second-order valence-electron chi connectivity index (χ2n) is 7.26. The Kier molecular flexibility index (Phi) is 5.69. The summed E-state index contributed by atoms with van der Waals surface area (Å²) in [7, 11) is 0. The Bertz CT molecular complexity index is 1060. The first-order chi connectivity index (χ1) is 14.1. The fraction of sp³-hybridized carbons (Fsp3) is 0.318. The van der Waals surface area contributed by atoms with E-state index in [1.54, 1.807) is 12.3 Å². The molecule has 29 heavy (non-hydrogen) atoms. The van der Waals surface area contributed by atoms with Crippen molar-refractivity contribution >= 4 is 11.6 Å². The van der Waals surface area contributed by atoms with E-state index < -0.39 is 5.91 Å². The Morgan fingerprint density at radius 1 is 1.17 bits per heavy atom. The van der Waals surface area contributed by atoms with Gasteiger partial charge in [0.15, 0.2) is 0 Å². The summed E-state index contributed by atoms with van der Waals surface area (Å²) in [6, 6.07) is 13.2. The maximum Gasteiger partial charge on any atom is 0.270 e. The number of pyridine rings is 1. The molecule has 1 amide bonds. The number of fused-ring (bicyclic) bond motifs is 1. The highest BCUT2D eigenvalue weighted by Gasteiger charge is 2.22. The number of morpholine rings is 1. The number of aryl methyl sites for hydroxylation is 1. The summed E-state index contributed by atoms with van der Waals surface area (Å²) < 4.78 is 6.84. The highest BCUT2D eigenvalue weighted by Crippen LogP contribution is 2.16.